The van der Waals surface area contributed by atoms with Crippen LogP contribution in [0.15, 0.2) is 53.0 Å². The second-order valence-corrected chi connectivity index (χ2v) is 7.07. The summed E-state index contributed by atoms with van der Waals surface area (Å²) in [4.78, 5) is 0.305. The first-order chi connectivity index (χ1) is 8.81. The van der Waals surface area contributed by atoms with Gasteiger partial charge in [0.05, 0.1) is 10.4 Å². The molecule has 0 radical (unpaired) electrons. The molecule has 0 saturated carbocycles. The van der Waals surface area contributed by atoms with Crippen molar-refractivity contribution in [1.29, 1.82) is 0 Å². The zero-order valence-corrected chi connectivity index (χ0v) is 12.3. The number of allylic oxidation sites excluding steroid dienone is 2. The minimum Gasteiger partial charge on any atom is -0.207 e. The SMILES string of the molecule is CC1=CC=CC(C)(NS(=O)(=O)c2ccc(C)cc2)C1. The van der Waals surface area contributed by atoms with Gasteiger partial charge in [-0.15, -0.1) is 0 Å². The lowest BCUT2D eigenvalue weighted by Crippen LogP contribution is -2.45. The van der Waals surface area contributed by atoms with E-state index in [-0.39, 0.29) is 0 Å². The minimum absolute atomic E-state index is 0.305. The van der Waals surface area contributed by atoms with E-state index < -0.39 is 15.6 Å². The van der Waals surface area contributed by atoms with E-state index in [0.29, 0.717) is 11.3 Å². The normalized spacial score (nSPS) is 23.2. The molecule has 0 fully saturated rings. The van der Waals surface area contributed by atoms with Gasteiger partial charge in [-0.25, -0.2) is 13.1 Å². The van der Waals surface area contributed by atoms with Gasteiger partial charge in [-0.3, -0.25) is 0 Å². The summed E-state index contributed by atoms with van der Waals surface area (Å²) in [6, 6.07) is 6.88. The molecular formula is C15H19NO2S. The molecule has 0 spiro atoms. The van der Waals surface area contributed by atoms with E-state index in [0.717, 1.165) is 11.1 Å². The van der Waals surface area contributed by atoms with Crippen LogP contribution >= 0.6 is 0 Å². The summed E-state index contributed by atoms with van der Waals surface area (Å²) in [6.45, 7) is 5.83. The number of rotatable bonds is 3. The number of aryl methyl sites for hydroxylation is 1. The zero-order chi connectivity index (χ0) is 14.1. The van der Waals surface area contributed by atoms with Crippen molar-refractivity contribution < 1.29 is 8.42 Å². The second kappa shape index (κ2) is 4.94. The third kappa shape index (κ3) is 3.33. The van der Waals surface area contributed by atoms with Gasteiger partial charge in [0.25, 0.3) is 0 Å². The van der Waals surface area contributed by atoms with E-state index in [4.69, 9.17) is 0 Å². The molecule has 1 unspecified atom stereocenters. The van der Waals surface area contributed by atoms with E-state index in [9.17, 15) is 8.42 Å². The Bertz CT molecular complexity index is 627. The third-order valence-corrected chi connectivity index (χ3v) is 4.82. The van der Waals surface area contributed by atoms with Gasteiger partial charge in [-0.2, -0.15) is 0 Å². The predicted octanol–water partition coefficient (Wildman–Crippen LogP) is 2.94. The molecule has 0 aliphatic heterocycles. The molecule has 2 rings (SSSR count). The van der Waals surface area contributed by atoms with Gasteiger partial charge in [0.2, 0.25) is 10.0 Å². The summed E-state index contributed by atoms with van der Waals surface area (Å²) in [7, 11) is -3.49. The van der Waals surface area contributed by atoms with Crippen molar-refractivity contribution in [3.8, 4) is 0 Å². The maximum atomic E-state index is 12.4. The standard InChI is InChI=1S/C15H19NO2S/c1-12-6-8-14(9-7-12)19(17,18)16-15(3)10-4-5-13(2)11-15/h4-10,16H,11H2,1-3H3. The Balaban J connectivity index is 2.25. The molecule has 0 bridgehead atoms. The molecule has 4 heteroatoms. The van der Waals surface area contributed by atoms with Crippen LogP contribution in [0.5, 0.6) is 0 Å². The molecule has 1 aromatic carbocycles. The summed E-state index contributed by atoms with van der Waals surface area (Å²) >= 11 is 0. The van der Waals surface area contributed by atoms with E-state index in [2.05, 4.69) is 4.72 Å². The van der Waals surface area contributed by atoms with Crippen LogP contribution in [0.3, 0.4) is 0 Å². The topological polar surface area (TPSA) is 46.2 Å². The molecule has 1 aliphatic rings. The van der Waals surface area contributed by atoms with Gasteiger partial charge >= 0.3 is 0 Å². The highest BCUT2D eigenvalue weighted by Crippen LogP contribution is 2.24. The number of hydrogen-bond acceptors (Lipinski definition) is 2. The van der Waals surface area contributed by atoms with Crippen LogP contribution in [-0.2, 0) is 10.0 Å². The fourth-order valence-electron chi connectivity index (χ4n) is 2.28. The van der Waals surface area contributed by atoms with Gasteiger partial charge in [0.1, 0.15) is 0 Å². The fraction of sp³-hybridized carbons (Fsp3) is 0.333. The first kappa shape index (κ1) is 14.0. The molecule has 0 saturated heterocycles. The number of hydrogen-bond donors (Lipinski definition) is 1. The van der Waals surface area contributed by atoms with E-state index in [1.54, 1.807) is 24.3 Å². The zero-order valence-electron chi connectivity index (χ0n) is 11.5. The average molecular weight is 277 g/mol. The van der Waals surface area contributed by atoms with E-state index in [1.807, 2.05) is 39.0 Å². The molecule has 1 aromatic rings. The van der Waals surface area contributed by atoms with E-state index >= 15 is 0 Å². The highest BCUT2D eigenvalue weighted by molar-refractivity contribution is 7.89. The largest absolute Gasteiger partial charge is 0.241 e. The molecule has 19 heavy (non-hydrogen) atoms. The van der Waals surface area contributed by atoms with Gasteiger partial charge in [0.15, 0.2) is 0 Å². The lowest BCUT2D eigenvalue weighted by Gasteiger charge is -2.29. The average Bonchev–Trinajstić information content (AvgIpc) is 2.27. The van der Waals surface area contributed by atoms with Crippen molar-refractivity contribution >= 4 is 10.0 Å². The van der Waals surface area contributed by atoms with E-state index in [1.165, 1.54) is 0 Å². The third-order valence-electron chi connectivity index (χ3n) is 3.19. The Morgan fingerprint density at radius 2 is 1.79 bits per heavy atom. The highest BCUT2D eigenvalue weighted by atomic mass is 32.2. The monoisotopic (exact) mass is 277 g/mol. The van der Waals surface area contributed by atoms with Crippen molar-refractivity contribution in [1.82, 2.24) is 4.72 Å². The Hall–Kier alpha value is -1.39. The van der Waals surface area contributed by atoms with Crippen molar-refractivity contribution in [3.63, 3.8) is 0 Å². The molecule has 0 amide bonds. The molecule has 102 valence electrons. The van der Waals surface area contributed by atoms with Crippen LogP contribution < -0.4 is 4.72 Å². The maximum Gasteiger partial charge on any atom is 0.241 e. The summed E-state index contributed by atoms with van der Waals surface area (Å²) in [5.74, 6) is 0. The van der Waals surface area contributed by atoms with Crippen molar-refractivity contribution in [2.75, 3.05) is 0 Å². The Morgan fingerprint density at radius 1 is 1.16 bits per heavy atom. The molecule has 3 nitrogen and oxygen atoms in total. The molecule has 0 heterocycles. The van der Waals surface area contributed by atoms with Gasteiger partial charge in [-0.1, -0.05) is 41.5 Å². The van der Waals surface area contributed by atoms with Crippen LogP contribution in [0.1, 0.15) is 25.8 Å². The number of benzene rings is 1. The quantitative estimate of drug-likeness (QED) is 0.923. The molecule has 1 aliphatic carbocycles. The molecule has 1 N–H and O–H groups in total. The van der Waals surface area contributed by atoms with Crippen molar-refractivity contribution in [2.24, 2.45) is 0 Å². The Labute approximate surface area is 115 Å². The fourth-order valence-corrected chi connectivity index (χ4v) is 3.64. The molecule has 0 aromatic heterocycles. The first-order valence-electron chi connectivity index (χ1n) is 6.26. The summed E-state index contributed by atoms with van der Waals surface area (Å²) in [5, 5.41) is 0. The van der Waals surface area contributed by atoms with Gasteiger partial charge in [-0.05, 0) is 39.3 Å². The molecular weight excluding hydrogens is 258 g/mol. The second-order valence-electron chi connectivity index (χ2n) is 5.38. The lowest BCUT2D eigenvalue weighted by atomic mass is 9.90. The van der Waals surface area contributed by atoms with Crippen LogP contribution in [0.25, 0.3) is 0 Å². The van der Waals surface area contributed by atoms with Crippen LogP contribution in [-0.4, -0.2) is 14.0 Å². The molecule has 1 atom stereocenters. The van der Waals surface area contributed by atoms with Crippen LogP contribution in [0.2, 0.25) is 0 Å². The maximum absolute atomic E-state index is 12.4. The van der Waals surface area contributed by atoms with Crippen LogP contribution in [0, 0.1) is 6.92 Å². The number of nitrogens with one attached hydrogen (secondary N) is 1. The van der Waals surface area contributed by atoms with Crippen molar-refractivity contribution in [2.45, 2.75) is 37.6 Å². The van der Waals surface area contributed by atoms with Gasteiger partial charge < -0.3 is 0 Å². The van der Waals surface area contributed by atoms with Gasteiger partial charge in [0, 0.05) is 0 Å². The smallest absolute Gasteiger partial charge is 0.207 e. The predicted molar refractivity (Wildman–Crippen MR) is 77.4 cm³/mol. The van der Waals surface area contributed by atoms with Crippen LogP contribution in [0.4, 0.5) is 0 Å². The Morgan fingerprint density at radius 3 is 2.37 bits per heavy atom. The lowest BCUT2D eigenvalue weighted by molar-refractivity contribution is 0.491. The number of sulfonamides is 1. The summed E-state index contributed by atoms with van der Waals surface area (Å²) in [5.41, 5.74) is 1.65. The minimum atomic E-state index is -3.49. The Kier molecular flexibility index (Phi) is 3.65. The summed E-state index contributed by atoms with van der Waals surface area (Å²) < 4.78 is 27.5. The first-order valence-corrected chi connectivity index (χ1v) is 7.75. The highest BCUT2D eigenvalue weighted by Gasteiger charge is 2.29. The van der Waals surface area contributed by atoms with Crippen molar-refractivity contribution in [3.05, 3.63) is 53.6 Å². The summed E-state index contributed by atoms with van der Waals surface area (Å²) in [6.07, 6.45) is 6.48.